The van der Waals surface area contributed by atoms with Gasteiger partial charge in [0.15, 0.2) is 0 Å². The largest absolute Gasteiger partial charge is 0.356 e. The van der Waals surface area contributed by atoms with Crippen LogP contribution in [0.1, 0.15) is 44.6 Å². The van der Waals surface area contributed by atoms with E-state index in [0.29, 0.717) is 19.4 Å². The molecular formula is C25H30ClFN4O5. The molecule has 2 unspecified atom stereocenters. The molecule has 3 atom stereocenters. The van der Waals surface area contributed by atoms with E-state index in [1.54, 1.807) is 6.92 Å². The molecule has 2 fully saturated rings. The third-order valence-electron chi connectivity index (χ3n) is 6.15. The van der Waals surface area contributed by atoms with Gasteiger partial charge in [0.1, 0.15) is 11.9 Å². The number of benzene rings is 1. The van der Waals surface area contributed by atoms with Crippen molar-refractivity contribution >= 4 is 47.1 Å². The maximum absolute atomic E-state index is 14.0. The van der Waals surface area contributed by atoms with Crippen LogP contribution in [0.2, 0.25) is 5.02 Å². The van der Waals surface area contributed by atoms with Gasteiger partial charge in [-0.1, -0.05) is 30.5 Å². The highest BCUT2D eigenvalue weighted by Crippen LogP contribution is 2.33. The Morgan fingerprint density at radius 1 is 1.14 bits per heavy atom. The van der Waals surface area contributed by atoms with Crippen LogP contribution in [0.15, 0.2) is 24.3 Å². The molecule has 1 saturated carbocycles. The first-order valence-electron chi connectivity index (χ1n) is 12.0. The summed E-state index contributed by atoms with van der Waals surface area (Å²) in [6, 6.07) is 1.86. The van der Waals surface area contributed by atoms with E-state index in [1.165, 1.54) is 18.2 Å². The number of carbonyl (C=O) groups excluding carboxylic acids is 5. The zero-order valence-corrected chi connectivity index (χ0v) is 20.7. The molecule has 4 amide bonds. The molecule has 9 nitrogen and oxygen atoms in total. The summed E-state index contributed by atoms with van der Waals surface area (Å²) in [4.78, 5) is 62.7. The summed E-state index contributed by atoms with van der Waals surface area (Å²) in [6.45, 7) is 2.35. The summed E-state index contributed by atoms with van der Waals surface area (Å²) < 4.78 is 14.0. The quantitative estimate of drug-likeness (QED) is 0.245. The third-order valence-corrected chi connectivity index (χ3v) is 6.39. The molecule has 1 saturated heterocycles. The SMILES string of the molecule is CCNC(=O)C(=O)C(C[C@@H]1CCNC1=O)NC(=O)C(CC1CC1)NC(=O)/C=C/c1ccc(Cl)cc1F. The maximum atomic E-state index is 14.0. The number of ketones is 1. The van der Waals surface area contributed by atoms with Gasteiger partial charge in [-0.05, 0) is 50.3 Å². The van der Waals surface area contributed by atoms with Gasteiger partial charge in [-0.3, -0.25) is 24.0 Å². The Morgan fingerprint density at radius 2 is 1.89 bits per heavy atom. The molecule has 0 spiro atoms. The van der Waals surface area contributed by atoms with E-state index in [-0.39, 0.29) is 35.4 Å². The van der Waals surface area contributed by atoms with Crippen molar-refractivity contribution in [2.75, 3.05) is 13.1 Å². The van der Waals surface area contributed by atoms with Crippen molar-refractivity contribution in [3.8, 4) is 0 Å². The number of Topliss-reactive ketones (excluding diaryl/α,β-unsaturated/α-hetero) is 1. The van der Waals surface area contributed by atoms with Gasteiger partial charge in [0, 0.05) is 35.7 Å². The summed E-state index contributed by atoms with van der Waals surface area (Å²) in [7, 11) is 0. The van der Waals surface area contributed by atoms with Crippen molar-refractivity contribution in [2.45, 2.75) is 51.1 Å². The number of hydrogen-bond donors (Lipinski definition) is 4. The lowest BCUT2D eigenvalue weighted by atomic mass is 9.95. The van der Waals surface area contributed by atoms with Crippen molar-refractivity contribution in [1.29, 1.82) is 0 Å². The molecule has 3 rings (SSSR count). The van der Waals surface area contributed by atoms with Gasteiger partial charge in [-0.2, -0.15) is 0 Å². The number of likely N-dealkylation sites (N-methyl/N-ethyl adjacent to an activating group) is 1. The highest BCUT2D eigenvalue weighted by Gasteiger charge is 2.36. The fourth-order valence-electron chi connectivity index (χ4n) is 4.00. The van der Waals surface area contributed by atoms with Crippen molar-refractivity contribution in [2.24, 2.45) is 11.8 Å². The van der Waals surface area contributed by atoms with Gasteiger partial charge < -0.3 is 21.3 Å². The third kappa shape index (κ3) is 7.87. The van der Waals surface area contributed by atoms with Crippen LogP contribution in [0.4, 0.5) is 4.39 Å². The lowest BCUT2D eigenvalue weighted by Crippen LogP contribution is -2.54. The molecular weight excluding hydrogens is 491 g/mol. The van der Waals surface area contributed by atoms with Crippen LogP contribution in [0.5, 0.6) is 0 Å². The average molecular weight is 521 g/mol. The van der Waals surface area contributed by atoms with Gasteiger partial charge in [0.05, 0.1) is 6.04 Å². The first-order valence-corrected chi connectivity index (χ1v) is 12.4. The summed E-state index contributed by atoms with van der Waals surface area (Å²) in [5, 5.41) is 10.5. The molecule has 1 aliphatic carbocycles. The van der Waals surface area contributed by atoms with Crippen LogP contribution in [0.25, 0.3) is 6.08 Å². The lowest BCUT2D eigenvalue weighted by molar-refractivity contribution is -0.141. The number of hydrogen-bond acceptors (Lipinski definition) is 5. The molecule has 0 radical (unpaired) electrons. The van der Waals surface area contributed by atoms with E-state index in [1.807, 2.05) is 0 Å². The molecule has 1 aromatic carbocycles. The maximum Gasteiger partial charge on any atom is 0.289 e. The molecule has 36 heavy (non-hydrogen) atoms. The van der Waals surface area contributed by atoms with Crippen LogP contribution in [0, 0.1) is 17.7 Å². The van der Waals surface area contributed by atoms with E-state index in [9.17, 15) is 28.4 Å². The highest BCUT2D eigenvalue weighted by atomic mass is 35.5. The Kier molecular flexibility index (Phi) is 9.58. The van der Waals surface area contributed by atoms with Gasteiger partial charge in [0.2, 0.25) is 23.5 Å². The summed E-state index contributed by atoms with van der Waals surface area (Å²) in [6.07, 6.45) is 5.03. The summed E-state index contributed by atoms with van der Waals surface area (Å²) >= 11 is 5.74. The molecule has 1 heterocycles. The van der Waals surface area contributed by atoms with E-state index in [0.717, 1.165) is 25.0 Å². The molecule has 11 heteroatoms. The lowest BCUT2D eigenvalue weighted by Gasteiger charge is -2.23. The molecule has 194 valence electrons. The predicted octanol–water partition coefficient (Wildman–Crippen LogP) is 1.49. The van der Waals surface area contributed by atoms with E-state index in [2.05, 4.69) is 21.3 Å². The van der Waals surface area contributed by atoms with Crippen molar-refractivity contribution in [3.63, 3.8) is 0 Å². The predicted molar refractivity (Wildman–Crippen MR) is 131 cm³/mol. The second-order valence-corrected chi connectivity index (χ2v) is 9.47. The monoisotopic (exact) mass is 520 g/mol. The van der Waals surface area contributed by atoms with E-state index < -0.39 is 47.3 Å². The van der Waals surface area contributed by atoms with Crippen LogP contribution in [-0.2, 0) is 24.0 Å². The van der Waals surface area contributed by atoms with E-state index in [4.69, 9.17) is 11.6 Å². The smallest absolute Gasteiger partial charge is 0.289 e. The molecule has 4 N–H and O–H groups in total. The average Bonchev–Trinajstić information content (AvgIpc) is 3.56. The summed E-state index contributed by atoms with van der Waals surface area (Å²) in [5.74, 6) is -4.04. The van der Waals surface area contributed by atoms with Crippen molar-refractivity contribution in [3.05, 3.63) is 40.7 Å². The Balaban J connectivity index is 1.70. The first-order chi connectivity index (χ1) is 17.2. The van der Waals surface area contributed by atoms with Crippen LogP contribution in [-0.4, -0.2) is 54.6 Å². The Labute approximate surface area is 213 Å². The van der Waals surface area contributed by atoms with E-state index >= 15 is 0 Å². The number of carbonyl (C=O) groups is 5. The van der Waals surface area contributed by atoms with Crippen LogP contribution >= 0.6 is 11.6 Å². The molecule has 0 bridgehead atoms. The second-order valence-electron chi connectivity index (χ2n) is 9.04. The highest BCUT2D eigenvalue weighted by molar-refractivity contribution is 6.38. The van der Waals surface area contributed by atoms with Gasteiger partial charge in [-0.25, -0.2) is 4.39 Å². The Hall–Kier alpha value is -3.27. The fourth-order valence-corrected chi connectivity index (χ4v) is 4.16. The van der Waals surface area contributed by atoms with Crippen molar-refractivity contribution in [1.82, 2.24) is 21.3 Å². The van der Waals surface area contributed by atoms with Gasteiger partial charge in [-0.15, -0.1) is 0 Å². The molecule has 1 aromatic rings. The van der Waals surface area contributed by atoms with Crippen LogP contribution < -0.4 is 21.3 Å². The van der Waals surface area contributed by atoms with Crippen LogP contribution in [0.3, 0.4) is 0 Å². The second kappa shape index (κ2) is 12.6. The molecule has 0 aromatic heterocycles. The number of nitrogens with one attached hydrogen (secondary N) is 4. The summed E-state index contributed by atoms with van der Waals surface area (Å²) in [5.41, 5.74) is 0.153. The zero-order valence-electron chi connectivity index (χ0n) is 19.9. The number of rotatable bonds is 12. The normalized spacial score (nSPS) is 18.9. The minimum absolute atomic E-state index is 0.0205. The molecule has 1 aliphatic heterocycles. The topological polar surface area (TPSA) is 133 Å². The minimum atomic E-state index is -1.21. The fraction of sp³-hybridized carbons (Fsp3) is 0.480. The van der Waals surface area contributed by atoms with Gasteiger partial charge in [0.25, 0.3) is 5.91 Å². The number of amides is 4. The van der Waals surface area contributed by atoms with Crippen molar-refractivity contribution < 1.29 is 28.4 Å². The zero-order chi connectivity index (χ0) is 26.2. The molecule has 2 aliphatic rings. The first kappa shape index (κ1) is 27.3. The Morgan fingerprint density at radius 3 is 2.50 bits per heavy atom. The standard InChI is InChI=1S/C25H30ClFN4O5/c1-2-28-25(36)22(33)19(12-16-9-10-29-23(16)34)31-24(35)20(11-14-3-4-14)30-21(32)8-6-15-5-7-17(26)13-18(15)27/h5-8,13-14,16,19-20H,2-4,9-12H2,1H3,(H,28,36)(H,29,34)(H,30,32)(H,31,35)/b8-6+/t16-,19?,20?/m0/s1. The Bertz CT molecular complexity index is 1060. The minimum Gasteiger partial charge on any atom is -0.356 e. The number of halogens is 2. The van der Waals surface area contributed by atoms with Gasteiger partial charge >= 0.3 is 0 Å².